The number of carbonyl (C=O) groups excluding carboxylic acids is 1. The van der Waals surface area contributed by atoms with Gasteiger partial charge in [0.15, 0.2) is 11.4 Å². The third-order valence-corrected chi connectivity index (χ3v) is 3.13. The first kappa shape index (κ1) is 11.7. The molecular weight excluding hydrogens is 234 g/mol. The lowest BCUT2D eigenvalue weighted by Gasteiger charge is -2.02. The lowest BCUT2D eigenvalue weighted by Crippen LogP contribution is -2.12. The van der Waals surface area contributed by atoms with Crippen molar-refractivity contribution in [1.82, 2.24) is 5.32 Å². The van der Waals surface area contributed by atoms with Crippen LogP contribution in [-0.4, -0.2) is 17.2 Å². The summed E-state index contributed by atoms with van der Waals surface area (Å²) in [5, 5.41) is 11.6. The van der Waals surface area contributed by atoms with Crippen molar-refractivity contribution in [2.45, 2.75) is 12.8 Å². The van der Waals surface area contributed by atoms with Crippen molar-refractivity contribution in [1.29, 1.82) is 5.26 Å². The Bertz CT molecular complexity index is 531. The molecule has 5 heteroatoms. The summed E-state index contributed by atoms with van der Waals surface area (Å²) in [7, 11) is 0. The van der Waals surface area contributed by atoms with Crippen LogP contribution in [0.25, 0.3) is 0 Å². The zero-order valence-electron chi connectivity index (χ0n) is 9.36. The summed E-state index contributed by atoms with van der Waals surface area (Å²) in [5.41, 5.74) is 2.91. The Hall–Kier alpha value is -1.80. The minimum atomic E-state index is 0.251. The highest BCUT2D eigenvalue weighted by Crippen LogP contribution is 2.25. The molecule has 4 nitrogen and oxygen atoms in total. The van der Waals surface area contributed by atoms with Gasteiger partial charge >= 0.3 is 0 Å². The first-order chi connectivity index (χ1) is 8.22. The molecule has 0 amide bonds. The average molecular weight is 245 g/mol. The number of Topliss-reactive ketones (excluding diaryl/α,β-unsaturated/α-hetero) is 1. The molecule has 1 N–H and O–H groups in total. The molecule has 17 heavy (non-hydrogen) atoms. The van der Waals surface area contributed by atoms with Crippen LogP contribution >= 0.6 is 11.8 Å². The number of thioether (sulfide) groups is 1. The third kappa shape index (κ3) is 2.66. The summed E-state index contributed by atoms with van der Waals surface area (Å²) in [4.78, 5) is 15.6. The third-order valence-electron chi connectivity index (χ3n) is 2.55. The van der Waals surface area contributed by atoms with E-state index in [1.165, 1.54) is 11.8 Å². The number of hydrogen-bond donors (Lipinski definition) is 1. The molecule has 0 unspecified atom stereocenters. The summed E-state index contributed by atoms with van der Waals surface area (Å²) in [5.74, 6) is 0.251. The second kappa shape index (κ2) is 5.02. The van der Waals surface area contributed by atoms with Gasteiger partial charge in [-0.3, -0.25) is 10.1 Å². The summed E-state index contributed by atoms with van der Waals surface area (Å²) in [6.45, 7) is 0. The van der Waals surface area contributed by atoms with Crippen LogP contribution in [0.2, 0.25) is 0 Å². The lowest BCUT2D eigenvalue weighted by atomic mass is 10.1. The highest BCUT2D eigenvalue weighted by atomic mass is 32.2. The van der Waals surface area contributed by atoms with Crippen LogP contribution in [0, 0.1) is 11.5 Å². The van der Waals surface area contributed by atoms with E-state index in [0.29, 0.717) is 18.0 Å². The fraction of sp³-hybridized carbons (Fsp3) is 0.250. The SMILES string of the molecule is CSC(=Nc1ccc2c(c1)CC(=O)C2)NC#N. The molecule has 0 saturated carbocycles. The number of nitrogens with one attached hydrogen (secondary N) is 1. The van der Waals surface area contributed by atoms with Gasteiger partial charge in [0.25, 0.3) is 0 Å². The summed E-state index contributed by atoms with van der Waals surface area (Å²) in [6, 6.07) is 5.71. The molecule has 2 rings (SSSR count). The van der Waals surface area contributed by atoms with Gasteiger partial charge in [0.05, 0.1) is 5.69 Å². The number of benzene rings is 1. The molecule has 0 heterocycles. The number of carbonyl (C=O) groups is 1. The largest absolute Gasteiger partial charge is 0.299 e. The molecule has 0 radical (unpaired) electrons. The van der Waals surface area contributed by atoms with Gasteiger partial charge in [-0.2, -0.15) is 5.26 Å². The number of nitrogens with zero attached hydrogens (tertiary/aromatic N) is 2. The van der Waals surface area contributed by atoms with E-state index in [0.717, 1.165) is 16.8 Å². The molecule has 86 valence electrons. The molecule has 0 atom stereocenters. The minimum absolute atomic E-state index is 0.251. The molecule has 1 aromatic carbocycles. The number of aliphatic imine (C=N–C) groups is 1. The standard InChI is InChI=1S/C12H11N3OS/c1-17-12(14-7-13)15-10-3-2-8-5-11(16)6-9(8)4-10/h2-4H,5-6H2,1H3,(H,14,15). The van der Waals surface area contributed by atoms with E-state index in [2.05, 4.69) is 10.3 Å². The Balaban J connectivity index is 2.27. The van der Waals surface area contributed by atoms with Crippen molar-refractivity contribution in [2.75, 3.05) is 6.26 Å². The van der Waals surface area contributed by atoms with Gasteiger partial charge in [-0.15, -0.1) is 0 Å². The maximum Gasteiger partial charge on any atom is 0.183 e. The van der Waals surface area contributed by atoms with E-state index in [4.69, 9.17) is 5.26 Å². The second-order valence-corrected chi connectivity index (χ2v) is 4.50. The second-order valence-electron chi connectivity index (χ2n) is 3.70. The van der Waals surface area contributed by atoms with Crippen molar-refractivity contribution in [3.8, 4) is 6.19 Å². The summed E-state index contributed by atoms with van der Waals surface area (Å²) >= 11 is 1.37. The molecule has 0 spiro atoms. The first-order valence-electron chi connectivity index (χ1n) is 5.14. The Kier molecular flexibility index (Phi) is 3.45. The molecule has 0 aliphatic heterocycles. The number of amidine groups is 1. The Morgan fingerprint density at radius 1 is 1.47 bits per heavy atom. The molecule has 0 fully saturated rings. The molecule has 0 bridgehead atoms. The molecule has 0 saturated heterocycles. The van der Waals surface area contributed by atoms with Crippen LogP contribution in [-0.2, 0) is 17.6 Å². The van der Waals surface area contributed by atoms with Crippen molar-refractivity contribution in [3.63, 3.8) is 0 Å². The monoisotopic (exact) mass is 245 g/mol. The van der Waals surface area contributed by atoms with Gasteiger partial charge < -0.3 is 0 Å². The van der Waals surface area contributed by atoms with Gasteiger partial charge in [-0.1, -0.05) is 17.8 Å². The predicted octanol–water partition coefficient (Wildman–Crippen LogP) is 1.78. The normalized spacial score (nSPS) is 14.4. The highest BCUT2D eigenvalue weighted by molar-refractivity contribution is 8.13. The topological polar surface area (TPSA) is 65.2 Å². The van der Waals surface area contributed by atoms with Crippen molar-refractivity contribution in [2.24, 2.45) is 4.99 Å². The summed E-state index contributed by atoms with van der Waals surface area (Å²) < 4.78 is 0. The maximum atomic E-state index is 11.3. The van der Waals surface area contributed by atoms with Crippen LogP contribution in [0.15, 0.2) is 23.2 Å². The molecule has 0 aromatic heterocycles. The van der Waals surface area contributed by atoms with Crippen LogP contribution in [0.1, 0.15) is 11.1 Å². The van der Waals surface area contributed by atoms with Crippen LogP contribution in [0.3, 0.4) is 0 Å². The smallest absolute Gasteiger partial charge is 0.183 e. The predicted molar refractivity (Wildman–Crippen MR) is 68.2 cm³/mol. The minimum Gasteiger partial charge on any atom is -0.299 e. The quantitative estimate of drug-likeness (QED) is 0.354. The van der Waals surface area contributed by atoms with E-state index in [-0.39, 0.29) is 5.78 Å². The zero-order valence-corrected chi connectivity index (χ0v) is 10.2. The molecular formula is C12H11N3OS. The van der Waals surface area contributed by atoms with Crippen molar-refractivity contribution < 1.29 is 4.79 Å². The van der Waals surface area contributed by atoms with E-state index < -0.39 is 0 Å². The molecule has 1 aliphatic rings. The Morgan fingerprint density at radius 2 is 2.24 bits per heavy atom. The zero-order chi connectivity index (χ0) is 12.3. The Labute approximate surface area is 104 Å². The van der Waals surface area contributed by atoms with E-state index in [9.17, 15) is 4.79 Å². The van der Waals surface area contributed by atoms with Crippen molar-refractivity contribution in [3.05, 3.63) is 29.3 Å². The van der Waals surface area contributed by atoms with Crippen LogP contribution in [0.4, 0.5) is 5.69 Å². The number of rotatable bonds is 1. The Morgan fingerprint density at radius 3 is 2.94 bits per heavy atom. The van der Waals surface area contributed by atoms with Crippen LogP contribution < -0.4 is 5.32 Å². The van der Waals surface area contributed by atoms with Crippen LogP contribution in [0.5, 0.6) is 0 Å². The number of hydrogen-bond acceptors (Lipinski definition) is 4. The fourth-order valence-corrected chi connectivity index (χ4v) is 2.14. The van der Waals surface area contributed by atoms with Gasteiger partial charge in [-0.25, -0.2) is 4.99 Å². The van der Waals surface area contributed by atoms with E-state index in [1.54, 1.807) is 0 Å². The average Bonchev–Trinajstić information content (AvgIpc) is 2.68. The maximum absolute atomic E-state index is 11.3. The molecule has 1 aromatic rings. The summed E-state index contributed by atoms with van der Waals surface area (Å²) in [6.07, 6.45) is 4.72. The lowest BCUT2D eigenvalue weighted by molar-refractivity contribution is -0.117. The van der Waals surface area contributed by atoms with Gasteiger partial charge in [0.2, 0.25) is 0 Å². The van der Waals surface area contributed by atoms with E-state index >= 15 is 0 Å². The highest BCUT2D eigenvalue weighted by Gasteiger charge is 2.18. The van der Waals surface area contributed by atoms with Gasteiger partial charge in [0.1, 0.15) is 5.78 Å². The van der Waals surface area contributed by atoms with Crippen molar-refractivity contribution >= 4 is 28.4 Å². The first-order valence-corrected chi connectivity index (χ1v) is 6.36. The fourth-order valence-electron chi connectivity index (χ4n) is 1.80. The number of ketones is 1. The molecule has 1 aliphatic carbocycles. The van der Waals surface area contributed by atoms with Gasteiger partial charge in [-0.05, 0) is 29.5 Å². The van der Waals surface area contributed by atoms with Gasteiger partial charge in [0, 0.05) is 12.8 Å². The number of fused-ring (bicyclic) bond motifs is 1. The number of nitriles is 1. The van der Waals surface area contributed by atoms with E-state index in [1.807, 2.05) is 30.6 Å².